The van der Waals surface area contributed by atoms with E-state index >= 15 is 0 Å². The van der Waals surface area contributed by atoms with Gasteiger partial charge in [-0.05, 0) is 12.1 Å². The zero-order valence-electron chi connectivity index (χ0n) is 13.5. The summed E-state index contributed by atoms with van der Waals surface area (Å²) in [4.78, 5) is 16.2. The van der Waals surface area contributed by atoms with Gasteiger partial charge in [-0.1, -0.05) is 11.6 Å². The molecule has 126 valence electrons. The maximum atomic E-state index is 14.5. The van der Waals surface area contributed by atoms with Crippen LogP contribution >= 0.6 is 11.6 Å². The van der Waals surface area contributed by atoms with Crippen LogP contribution in [0.5, 0.6) is 5.75 Å². The maximum absolute atomic E-state index is 14.5. The van der Waals surface area contributed by atoms with E-state index in [4.69, 9.17) is 16.3 Å². The molecule has 3 aromatic rings. The number of aromatic nitrogens is 4. The summed E-state index contributed by atoms with van der Waals surface area (Å²) in [6.45, 7) is 0. The Morgan fingerprint density at radius 1 is 1.38 bits per heavy atom. The molecule has 2 heterocycles. The van der Waals surface area contributed by atoms with E-state index in [0.717, 1.165) is 0 Å². The number of ether oxygens (including phenoxy) is 1. The molecule has 0 aliphatic heterocycles. The highest BCUT2D eigenvalue weighted by Crippen LogP contribution is 2.36. The number of nitrogens with one attached hydrogen (secondary N) is 1. The van der Waals surface area contributed by atoms with Crippen LogP contribution in [0.15, 0.2) is 12.1 Å². The minimum absolute atomic E-state index is 0.0844. The number of aryl methyl sites for hydroxylation is 1. The predicted molar refractivity (Wildman–Crippen MR) is 87.8 cm³/mol. The van der Waals surface area contributed by atoms with Crippen molar-refractivity contribution in [1.82, 2.24) is 24.6 Å². The first kappa shape index (κ1) is 16.3. The summed E-state index contributed by atoms with van der Waals surface area (Å²) in [5, 5.41) is 8.34. The van der Waals surface area contributed by atoms with Gasteiger partial charge in [0.15, 0.2) is 11.6 Å². The molecule has 7 nitrogen and oxygen atoms in total. The number of carbonyl (C=O) groups excluding carboxylic acids is 1. The first-order valence-corrected chi connectivity index (χ1v) is 7.39. The van der Waals surface area contributed by atoms with Gasteiger partial charge in [-0.25, -0.2) is 4.39 Å². The summed E-state index contributed by atoms with van der Waals surface area (Å²) in [5.74, 6) is -0.170. The van der Waals surface area contributed by atoms with Gasteiger partial charge < -0.3 is 19.2 Å². The van der Waals surface area contributed by atoms with E-state index in [1.54, 1.807) is 37.8 Å². The number of methoxy groups -OCH3 is 1. The number of rotatable bonds is 3. The number of amides is 1. The summed E-state index contributed by atoms with van der Waals surface area (Å²) in [7, 11) is 6.33. The highest BCUT2D eigenvalue weighted by atomic mass is 35.5. The second-order valence-electron chi connectivity index (χ2n) is 5.46. The second kappa shape index (κ2) is 5.79. The number of H-pyrrole nitrogens is 1. The lowest BCUT2D eigenvalue weighted by Crippen LogP contribution is -2.22. The van der Waals surface area contributed by atoms with Crippen molar-refractivity contribution in [2.45, 2.75) is 0 Å². The van der Waals surface area contributed by atoms with E-state index in [0.29, 0.717) is 22.4 Å². The van der Waals surface area contributed by atoms with E-state index in [1.165, 1.54) is 12.0 Å². The minimum atomic E-state index is -0.580. The first-order valence-electron chi connectivity index (χ1n) is 7.01. The molecule has 2 aromatic heterocycles. The Morgan fingerprint density at radius 2 is 2.08 bits per heavy atom. The summed E-state index contributed by atoms with van der Waals surface area (Å²) < 4.78 is 21.2. The molecule has 0 radical (unpaired) electrons. The zero-order valence-corrected chi connectivity index (χ0v) is 14.3. The van der Waals surface area contributed by atoms with Crippen molar-refractivity contribution >= 4 is 28.4 Å². The third kappa shape index (κ3) is 2.39. The molecular formula is C15H15ClFN5O2. The zero-order chi connectivity index (χ0) is 17.6. The number of carbonyl (C=O) groups is 1. The topological polar surface area (TPSA) is 76.0 Å². The van der Waals surface area contributed by atoms with Crippen LogP contribution in [0.25, 0.3) is 22.4 Å². The fraction of sp³-hybridized carbons (Fsp3) is 0.267. The van der Waals surface area contributed by atoms with Crippen LogP contribution in [0.1, 0.15) is 10.6 Å². The fourth-order valence-electron chi connectivity index (χ4n) is 2.49. The van der Waals surface area contributed by atoms with Crippen LogP contribution in [-0.2, 0) is 7.05 Å². The van der Waals surface area contributed by atoms with Gasteiger partial charge in [-0.3, -0.25) is 4.79 Å². The molecule has 0 unspecified atom stereocenters. The summed E-state index contributed by atoms with van der Waals surface area (Å²) >= 11 is 5.98. The van der Waals surface area contributed by atoms with Gasteiger partial charge in [0.1, 0.15) is 10.8 Å². The number of hydrogen-bond acceptors (Lipinski definition) is 4. The van der Waals surface area contributed by atoms with Crippen molar-refractivity contribution < 1.29 is 13.9 Å². The van der Waals surface area contributed by atoms with Crippen molar-refractivity contribution in [1.29, 1.82) is 0 Å². The monoisotopic (exact) mass is 351 g/mol. The van der Waals surface area contributed by atoms with Crippen LogP contribution in [0, 0.1) is 5.82 Å². The quantitative estimate of drug-likeness (QED) is 0.786. The maximum Gasteiger partial charge on any atom is 0.291 e. The second-order valence-corrected chi connectivity index (χ2v) is 5.83. The Bertz CT molecular complexity index is 947. The van der Waals surface area contributed by atoms with E-state index in [-0.39, 0.29) is 22.5 Å². The van der Waals surface area contributed by atoms with Crippen LogP contribution in [-0.4, -0.2) is 51.8 Å². The van der Waals surface area contributed by atoms with E-state index < -0.39 is 5.82 Å². The number of benzene rings is 1. The SMILES string of the molecule is COc1cc2cc(-c3nnc(C(=O)N(C)C)[nH]3)n(C)c2c(F)c1Cl. The number of nitrogens with zero attached hydrogens (tertiary/aromatic N) is 4. The lowest BCUT2D eigenvalue weighted by atomic mass is 10.2. The summed E-state index contributed by atoms with van der Waals surface area (Å²) in [5.41, 5.74) is 0.881. The third-order valence-electron chi connectivity index (χ3n) is 3.72. The van der Waals surface area contributed by atoms with Crippen LogP contribution in [0.3, 0.4) is 0 Å². The van der Waals surface area contributed by atoms with Crippen LogP contribution < -0.4 is 4.74 Å². The average molecular weight is 352 g/mol. The lowest BCUT2D eigenvalue weighted by molar-refractivity contribution is 0.0816. The molecule has 0 atom stereocenters. The van der Waals surface area contributed by atoms with Crippen molar-refractivity contribution in [3.8, 4) is 17.3 Å². The molecule has 0 aliphatic rings. The van der Waals surface area contributed by atoms with Crippen molar-refractivity contribution in [3.05, 3.63) is 28.8 Å². The molecule has 24 heavy (non-hydrogen) atoms. The third-order valence-corrected chi connectivity index (χ3v) is 4.08. The van der Waals surface area contributed by atoms with Gasteiger partial charge >= 0.3 is 0 Å². The van der Waals surface area contributed by atoms with Crippen molar-refractivity contribution in [2.24, 2.45) is 7.05 Å². The van der Waals surface area contributed by atoms with Gasteiger partial charge in [-0.15, -0.1) is 10.2 Å². The molecule has 9 heteroatoms. The molecule has 0 spiro atoms. The Balaban J connectivity index is 2.16. The molecule has 0 bridgehead atoms. The number of aromatic amines is 1. The number of halogens is 2. The molecular weight excluding hydrogens is 337 g/mol. The Labute approximate surface area is 142 Å². The molecule has 0 saturated heterocycles. The minimum Gasteiger partial charge on any atom is -0.495 e. The predicted octanol–water partition coefficient (Wildman–Crippen LogP) is 2.47. The number of hydrogen-bond donors (Lipinski definition) is 1. The highest BCUT2D eigenvalue weighted by molar-refractivity contribution is 6.33. The molecule has 3 rings (SSSR count). The van der Waals surface area contributed by atoms with E-state index in [2.05, 4.69) is 15.2 Å². The van der Waals surface area contributed by atoms with Gasteiger partial charge in [0.05, 0.1) is 18.3 Å². The Hall–Kier alpha value is -2.61. The normalized spacial score (nSPS) is 11.1. The molecule has 0 fully saturated rings. The highest BCUT2D eigenvalue weighted by Gasteiger charge is 2.21. The van der Waals surface area contributed by atoms with E-state index in [9.17, 15) is 9.18 Å². The standard InChI is InChI=1S/C15H15ClFN5O2/c1-21(2)15(23)14-18-13(19-20-14)8-5-7-6-9(24-4)10(16)11(17)12(7)22(8)3/h5-6H,1-4H3,(H,18,19,20). The van der Waals surface area contributed by atoms with Crippen LogP contribution in [0.2, 0.25) is 5.02 Å². The average Bonchev–Trinajstić information content (AvgIpc) is 3.14. The van der Waals surface area contributed by atoms with Gasteiger partial charge in [-0.2, -0.15) is 0 Å². The summed E-state index contributed by atoms with van der Waals surface area (Å²) in [6.07, 6.45) is 0. The van der Waals surface area contributed by atoms with E-state index in [1.807, 2.05) is 0 Å². The molecule has 1 aromatic carbocycles. The fourth-order valence-corrected chi connectivity index (χ4v) is 2.71. The molecule has 0 saturated carbocycles. The smallest absolute Gasteiger partial charge is 0.291 e. The largest absolute Gasteiger partial charge is 0.495 e. The molecule has 0 aliphatic carbocycles. The Morgan fingerprint density at radius 3 is 2.71 bits per heavy atom. The van der Waals surface area contributed by atoms with Gasteiger partial charge in [0.25, 0.3) is 5.91 Å². The molecule has 1 amide bonds. The van der Waals surface area contributed by atoms with Gasteiger partial charge in [0, 0.05) is 26.5 Å². The van der Waals surface area contributed by atoms with Crippen molar-refractivity contribution in [3.63, 3.8) is 0 Å². The van der Waals surface area contributed by atoms with Gasteiger partial charge in [0.2, 0.25) is 5.82 Å². The van der Waals surface area contributed by atoms with Crippen molar-refractivity contribution in [2.75, 3.05) is 21.2 Å². The number of fused-ring (bicyclic) bond motifs is 1. The lowest BCUT2D eigenvalue weighted by Gasteiger charge is -2.07. The Kier molecular flexibility index (Phi) is 3.92. The molecule has 1 N–H and O–H groups in total. The van der Waals surface area contributed by atoms with Crippen LogP contribution in [0.4, 0.5) is 4.39 Å². The first-order chi connectivity index (χ1) is 11.3. The summed E-state index contributed by atoms with van der Waals surface area (Å²) in [6, 6.07) is 3.37.